The van der Waals surface area contributed by atoms with Crippen LogP contribution < -0.4 is 5.73 Å². The fraction of sp³-hybridized carbons (Fsp3) is 0.769. The summed E-state index contributed by atoms with van der Waals surface area (Å²) in [6.45, 7) is 6.27. The van der Waals surface area contributed by atoms with Crippen LogP contribution in [0.1, 0.15) is 56.3 Å². The van der Waals surface area contributed by atoms with E-state index < -0.39 is 9.84 Å². The Bertz CT molecular complexity index is 559. The summed E-state index contributed by atoms with van der Waals surface area (Å²) in [7, 11) is -2.91. The van der Waals surface area contributed by atoms with Gasteiger partial charge >= 0.3 is 0 Å². The molecule has 1 atom stereocenters. The van der Waals surface area contributed by atoms with Gasteiger partial charge in [-0.3, -0.25) is 0 Å². The number of rotatable bonds is 4. The standard InChI is InChI=1S/C13H23N3O2S/c1-4-10(5-2)12-9(3)13(14)16(15-12)11-6-7-19(17,18)8-11/h10-11H,4-8,14H2,1-3H3. The number of nitrogen functional groups attached to an aromatic ring is 1. The molecule has 0 aromatic carbocycles. The Labute approximate surface area is 115 Å². The predicted octanol–water partition coefficient (Wildman–Crippen LogP) is 2.04. The summed E-state index contributed by atoms with van der Waals surface area (Å²) < 4.78 is 24.9. The molecule has 1 unspecified atom stereocenters. The van der Waals surface area contributed by atoms with Crippen LogP contribution in [-0.2, 0) is 9.84 Å². The van der Waals surface area contributed by atoms with Crippen LogP contribution in [0.3, 0.4) is 0 Å². The lowest BCUT2D eigenvalue weighted by Crippen LogP contribution is -2.15. The highest BCUT2D eigenvalue weighted by atomic mass is 32.2. The minimum absolute atomic E-state index is 0.0909. The van der Waals surface area contributed by atoms with Crippen molar-refractivity contribution in [2.24, 2.45) is 0 Å². The van der Waals surface area contributed by atoms with E-state index in [1.165, 1.54) is 0 Å². The molecule has 108 valence electrons. The van der Waals surface area contributed by atoms with E-state index in [1.54, 1.807) is 4.68 Å². The number of nitrogens with two attached hydrogens (primary N) is 1. The van der Waals surface area contributed by atoms with Crippen molar-refractivity contribution in [3.8, 4) is 0 Å². The van der Waals surface area contributed by atoms with Gasteiger partial charge in [0.25, 0.3) is 0 Å². The molecular formula is C13H23N3O2S. The van der Waals surface area contributed by atoms with Gasteiger partial charge in [-0.25, -0.2) is 13.1 Å². The molecule has 0 spiro atoms. The van der Waals surface area contributed by atoms with Crippen LogP contribution in [0.15, 0.2) is 0 Å². The Balaban J connectivity index is 2.36. The highest BCUT2D eigenvalue weighted by Gasteiger charge is 2.32. The molecule has 0 bridgehead atoms. The van der Waals surface area contributed by atoms with Gasteiger partial charge in [0.2, 0.25) is 0 Å². The molecule has 6 heteroatoms. The first-order chi connectivity index (χ1) is 8.89. The van der Waals surface area contributed by atoms with Crippen molar-refractivity contribution in [3.05, 3.63) is 11.3 Å². The molecule has 1 aromatic heterocycles. The van der Waals surface area contributed by atoms with E-state index in [0.29, 0.717) is 18.2 Å². The number of sulfone groups is 1. The van der Waals surface area contributed by atoms with Crippen LogP contribution in [0.2, 0.25) is 0 Å². The Hall–Kier alpha value is -1.04. The second-order valence-corrected chi connectivity index (χ2v) is 7.64. The first-order valence-corrected chi connectivity index (χ1v) is 8.76. The lowest BCUT2D eigenvalue weighted by Gasteiger charge is -2.11. The number of hydrogen-bond acceptors (Lipinski definition) is 4. The van der Waals surface area contributed by atoms with Crippen LogP contribution in [-0.4, -0.2) is 29.7 Å². The highest BCUT2D eigenvalue weighted by Crippen LogP contribution is 2.32. The summed E-state index contributed by atoms with van der Waals surface area (Å²) in [6, 6.07) is -0.0909. The van der Waals surface area contributed by atoms with E-state index in [1.807, 2.05) is 6.92 Å². The van der Waals surface area contributed by atoms with Gasteiger partial charge in [-0.15, -0.1) is 0 Å². The average Bonchev–Trinajstić information content (AvgIpc) is 2.85. The van der Waals surface area contributed by atoms with Crippen molar-refractivity contribution in [3.63, 3.8) is 0 Å². The fourth-order valence-electron chi connectivity index (χ4n) is 2.86. The third-order valence-corrected chi connectivity index (χ3v) is 5.91. The number of hydrogen-bond donors (Lipinski definition) is 1. The topological polar surface area (TPSA) is 78.0 Å². The largest absolute Gasteiger partial charge is 0.384 e. The molecule has 1 aromatic rings. The van der Waals surface area contributed by atoms with Gasteiger partial charge in [0.1, 0.15) is 5.82 Å². The summed E-state index contributed by atoms with van der Waals surface area (Å²) >= 11 is 0. The van der Waals surface area contributed by atoms with E-state index in [9.17, 15) is 8.42 Å². The number of aromatic nitrogens is 2. The van der Waals surface area contributed by atoms with Gasteiger partial charge in [-0.2, -0.15) is 5.10 Å². The first kappa shape index (κ1) is 14.4. The Morgan fingerprint density at radius 1 is 1.42 bits per heavy atom. The van der Waals surface area contributed by atoms with Crippen molar-refractivity contribution in [2.75, 3.05) is 17.2 Å². The summed E-state index contributed by atoms with van der Waals surface area (Å²) in [5, 5.41) is 4.63. The van der Waals surface area contributed by atoms with Gasteiger partial charge in [0.05, 0.1) is 23.2 Å². The van der Waals surface area contributed by atoms with Gasteiger partial charge in [0.15, 0.2) is 9.84 Å². The highest BCUT2D eigenvalue weighted by molar-refractivity contribution is 7.91. The summed E-state index contributed by atoms with van der Waals surface area (Å²) in [5.74, 6) is 1.45. The van der Waals surface area contributed by atoms with Crippen LogP contribution in [0.25, 0.3) is 0 Å². The SMILES string of the molecule is CCC(CC)c1nn(C2CCS(=O)(=O)C2)c(N)c1C. The Kier molecular flexibility index (Phi) is 3.90. The zero-order valence-electron chi connectivity index (χ0n) is 11.9. The van der Waals surface area contributed by atoms with Crippen molar-refractivity contribution in [1.29, 1.82) is 0 Å². The normalized spacial score (nSPS) is 22.2. The number of anilines is 1. The third-order valence-electron chi connectivity index (χ3n) is 4.16. The predicted molar refractivity (Wildman–Crippen MR) is 77.0 cm³/mol. The molecule has 1 fully saturated rings. The van der Waals surface area contributed by atoms with Crippen molar-refractivity contribution < 1.29 is 8.42 Å². The van der Waals surface area contributed by atoms with Crippen LogP contribution >= 0.6 is 0 Å². The van der Waals surface area contributed by atoms with E-state index in [4.69, 9.17) is 5.73 Å². The molecule has 0 aliphatic carbocycles. The summed E-state index contributed by atoms with van der Waals surface area (Å²) in [4.78, 5) is 0. The van der Waals surface area contributed by atoms with Crippen molar-refractivity contribution >= 4 is 15.7 Å². The van der Waals surface area contributed by atoms with Gasteiger partial charge in [-0.05, 0) is 26.2 Å². The Morgan fingerprint density at radius 2 is 2.05 bits per heavy atom. The smallest absolute Gasteiger partial charge is 0.152 e. The summed E-state index contributed by atoms with van der Waals surface area (Å²) in [6.07, 6.45) is 2.67. The molecule has 0 saturated carbocycles. The maximum Gasteiger partial charge on any atom is 0.152 e. The maximum absolute atomic E-state index is 11.6. The molecule has 2 rings (SSSR count). The molecule has 0 amide bonds. The molecule has 2 N–H and O–H groups in total. The maximum atomic E-state index is 11.6. The lowest BCUT2D eigenvalue weighted by molar-refractivity contribution is 0.491. The molecule has 1 saturated heterocycles. The van der Waals surface area contributed by atoms with Crippen molar-refractivity contribution in [1.82, 2.24) is 9.78 Å². The van der Waals surface area contributed by atoms with Crippen LogP contribution in [0, 0.1) is 6.92 Å². The molecule has 0 radical (unpaired) electrons. The van der Waals surface area contributed by atoms with E-state index >= 15 is 0 Å². The van der Waals surface area contributed by atoms with E-state index in [0.717, 1.165) is 24.1 Å². The zero-order chi connectivity index (χ0) is 14.2. The van der Waals surface area contributed by atoms with Crippen molar-refractivity contribution in [2.45, 2.75) is 52.0 Å². The first-order valence-electron chi connectivity index (χ1n) is 6.94. The molecule has 5 nitrogen and oxygen atoms in total. The quantitative estimate of drug-likeness (QED) is 0.918. The second-order valence-electron chi connectivity index (χ2n) is 5.41. The Morgan fingerprint density at radius 3 is 2.53 bits per heavy atom. The zero-order valence-corrected chi connectivity index (χ0v) is 12.7. The van der Waals surface area contributed by atoms with E-state index in [2.05, 4.69) is 18.9 Å². The summed E-state index contributed by atoms with van der Waals surface area (Å²) in [5.41, 5.74) is 8.17. The monoisotopic (exact) mass is 285 g/mol. The molecule has 1 aliphatic rings. The third kappa shape index (κ3) is 2.63. The van der Waals surface area contributed by atoms with Gasteiger partial charge in [-0.1, -0.05) is 13.8 Å². The van der Waals surface area contributed by atoms with Crippen LogP contribution in [0.4, 0.5) is 5.82 Å². The molecule has 2 heterocycles. The average molecular weight is 285 g/mol. The van der Waals surface area contributed by atoms with Crippen LogP contribution in [0.5, 0.6) is 0 Å². The fourth-order valence-corrected chi connectivity index (χ4v) is 4.55. The van der Waals surface area contributed by atoms with Gasteiger partial charge in [0, 0.05) is 11.5 Å². The number of nitrogens with zero attached hydrogens (tertiary/aromatic N) is 2. The van der Waals surface area contributed by atoms with Gasteiger partial charge < -0.3 is 5.73 Å². The minimum Gasteiger partial charge on any atom is -0.384 e. The lowest BCUT2D eigenvalue weighted by atomic mass is 9.97. The molecule has 1 aliphatic heterocycles. The second kappa shape index (κ2) is 5.15. The molecule has 19 heavy (non-hydrogen) atoms. The minimum atomic E-state index is -2.91. The molecular weight excluding hydrogens is 262 g/mol. The van der Waals surface area contributed by atoms with E-state index in [-0.39, 0.29) is 17.5 Å².